The van der Waals surface area contributed by atoms with Crippen LogP contribution in [0, 0.1) is 22.7 Å². The maximum Gasteiger partial charge on any atom is 0.271 e. The predicted molar refractivity (Wildman–Crippen MR) is 136 cm³/mol. The van der Waals surface area contributed by atoms with Gasteiger partial charge in [-0.15, -0.1) is 11.6 Å². The van der Waals surface area contributed by atoms with Gasteiger partial charge in [-0.2, -0.15) is 5.26 Å². The third-order valence-electron chi connectivity index (χ3n) is 4.40. The number of nitriles is 1. The van der Waals surface area contributed by atoms with E-state index in [1.165, 1.54) is 13.1 Å². The van der Waals surface area contributed by atoms with E-state index in [2.05, 4.69) is 27.2 Å². The van der Waals surface area contributed by atoms with E-state index in [-0.39, 0.29) is 28.8 Å². The van der Waals surface area contributed by atoms with Crippen LogP contribution in [0.3, 0.4) is 0 Å². The lowest BCUT2D eigenvalue weighted by atomic mass is 9.94. The van der Waals surface area contributed by atoms with Crippen molar-refractivity contribution in [3.63, 3.8) is 0 Å². The summed E-state index contributed by atoms with van der Waals surface area (Å²) in [5, 5.41) is 21.4. The van der Waals surface area contributed by atoms with Gasteiger partial charge in [0.05, 0.1) is 28.2 Å². The summed E-state index contributed by atoms with van der Waals surface area (Å²) >= 11 is 12.0. The van der Waals surface area contributed by atoms with Crippen LogP contribution in [-0.4, -0.2) is 47.0 Å². The Labute approximate surface area is 206 Å². The number of hydrogen-bond donors (Lipinski definition) is 3. The average Bonchev–Trinajstić information content (AvgIpc) is 2.78. The molecule has 0 aromatic rings. The zero-order chi connectivity index (χ0) is 25.6. The molecule has 0 aromatic heterocycles. The van der Waals surface area contributed by atoms with Crippen LogP contribution in [0.4, 0.5) is 0 Å². The predicted octanol–water partition coefficient (Wildman–Crippen LogP) is 4.27. The molecule has 0 aromatic carbocycles. The van der Waals surface area contributed by atoms with Crippen molar-refractivity contribution in [3.05, 3.63) is 36.1 Å². The van der Waals surface area contributed by atoms with Crippen molar-refractivity contribution in [1.82, 2.24) is 10.6 Å². The van der Waals surface area contributed by atoms with Gasteiger partial charge < -0.3 is 10.6 Å². The number of carbonyl (C=O) groups is 2. The van der Waals surface area contributed by atoms with Gasteiger partial charge in [-0.05, 0) is 44.5 Å². The fourth-order valence-corrected chi connectivity index (χ4v) is 2.89. The number of nitrogens with zero attached hydrogens (tertiary/aromatic N) is 3. The van der Waals surface area contributed by atoms with Crippen LogP contribution in [0.15, 0.2) is 46.1 Å². The van der Waals surface area contributed by atoms with Gasteiger partial charge in [-0.25, -0.2) is 4.99 Å². The normalized spacial score (nSPS) is 15.4. The second kappa shape index (κ2) is 15.9. The third-order valence-corrected chi connectivity index (χ3v) is 4.76. The lowest BCUT2D eigenvalue weighted by Gasteiger charge is -2.18. The second-order valence-corrected chi connectivity index (χ2v) is 8.15. The van der Waals surface area contributed by atoms with Crippen molar-refractivity contribution in [1.29, 1.82) is 10.7 Å². The molecule has 0 spiro atoms. The molecule has 33 heavy (non-hydrogen) atoms. The molecule has 180 valence electrons. The number of allylic oxidation sites excluding steroid dienone is 4. The van der Waals surface area contributed by atoms with Gasteiger partial charge in [0, 0.05) is 19.0 Å². The standard InChI is InChI=1S/C23H32Cl2N6O2/c1-7-9-10-29-21(16(5)24)30-18(12-19(25)27)23(33)31-20(15(4)22(32)28-6)17(8-2)11-14(3)13-26/h9-11,15-16,18,27H,3,7-8,12H2,1-2,4-6H3,(H,28,32)(H,29,30)/b10-9-,17-11-,27-19?,31-20?. The minimum absolute atomic E-state index is 0.165. The lowest BCUT2D eigenvalue weighted by Crippen LogP contribution is -2.34. The SMILES string of the molecule is C=C(C#N)/C=C(/CC)C(=NC(=O)C(CC(=N)Cl)N=C(N/C=C\CC)C(C)Cl)C(C)C(=O)NC. The highest BCUT2D eigenvalue weighted by atomic mass is 35.5. The van der Waals surface area contributed by atoms with Crippen LogP contribution in [0.1, 0.15) is 47.0 Å². The first-order chi connectivity index (χ1) is 15.5. The Kier molecular flexibility index (Phi) is 14.6. The van der Waals surface area contributed by atoms with Crippen molar-refractivity contribution in [2.24, 2.45) is 15.9 Å². The number of rotatable bonds is 12. The van der Waals surface area contributed by atoms with E-state index in [1.807, 2.05) is 26.0 Å². The van der Waals surface area contributed by atoms with E-state index >= 15 is 0 Å². The minimum atomic E-state index is -1.13. The first kappa shape index (κ1) is 30.2. The topological polar surface area (TPSA) is 131 Å². The van der Waals surface area contributed by atoms with Crippen LogP contribution >= 0.6 is 23.2 Å². The van der Waals surface area contributed by atoms with Gasteiger partial charge in [-0.3, -0.25) is 20.0 Å². The molecular weight excluding hydrogens is 463 g/mol. The monoisotopic (exact) mass is 494 g/mol. The first-order valence-corrected chi connectivity index (χ1v) is 11.3. The van der Waals surface area contributed by atoms with Crippen molar-refractivity contribution in [3.8, 4) is 6.07 Å². The van der Waals surface area contributed by atoms with Crippen LogP contribution in [0.25, 0.3) is 0 Å². The van der Waals surface area contributed by atoms with Crippen LogP contribution < -0.4 is 10.6 Å². The molecule has 3 atom stereocenters. The highest BCUT2D eigenvalue weighted by molar-refractivity contribution is 6.64. The highest BCUT2D eigenvalue weighted by Crippen LogP contribution is 2.17. The first-order valence-electron chi connectivity index (χ1n) is 10.5. The maximum absolute atomic E-state index is 13.2. The summed E-state index contributed by atoms with van der Waals surface area (Å²) in [6, 6.07) is 0.797. The Hall–Kier alpha value is -2.76. The van der Waals surface area contributed by atoms with Crippen molar-refractivity contribution in [2.75, 3.05) is 7.05 Å². The molecular formula is C23H32Cl2N6O2. The number of halogens is 2. The molecule has 0 aliphatic carbocycles. The van der Waals surface area contributed by atoms with Crippen molar-refractivity contribution in [2.45, 2.75) is 58.4 Å². The zero-order valence-corrected chi connectivity index (χ0v) is 21.2. The summed E-state index contributed by atoms with van der Waals surface area (Å²) in [7, 11) is 1.48. The Morgan fingerprint density at radius 2 is 1.94 bits per heavy atom. The molecule has 2 amide bonds. The lowest BCUT2D eigenvalue weighted by molar-refractivity contribution is -0.122. The molecule has 0 aliphatic heterocycles. The number of alkyl halides is 1. The summed E-state index contributed by atoms with van der Waals surface area (Å²) in [5.74, 6) is -1.51. The van der Waals surface area contributed by atoms with Crippen LogP contribution in [0.5, 0.6) is 0 Å². The number of amides is 2. The van der Waals surface area contributed by atoms with Crippen molar-refractivity contribution >= 4 is 51.7 Å². The summed E-state index contributed by atoms with van der Waals surface area (Å²) in [6.45, 7) is 10.7. The molecule has 0 heterocycles. The molecule has 0 fully saturated rings. The van der Waals surface area contributed by atoms with E-state index in [1.54, 1.807) is 20.0 Å². The number of amidine groups is 1. The van der Waals surface area contributed by atoms with E-state index in [4.69, 9.17) is 33.9 Å². The van der Waals surface area contributed by atoms with E-state index in [0.717, 1.165) is 6.42 Å². The van der Waals surface area contributed by atoms with E-state index in [0.29, 0.717) is 17.8 Å². The molecule has 10 heteroatoms. The summed E-state index contributed by atoms with van der Waals surface area (Å²) in [4.78, 5) is 34.1. The van der Waals surface area contributed by atoms with Gasteiger partial charge in [0.15, 0.2) is 0 Å². The molecule has 0 saturated heterocycles. The number of hydrogen-bond acceptors (Lipinski definition) is 5. The number of aliphatic imine (C=N–C) groups is 2. The van der Waals surface area contributed by atoms with Crippen LogP contribution in [0.2, 0.25) is 0 Å². The summed E-state index contributed by atoms with van der Waals surface area (Å²) in [5.41, 5.74) is 0.877. The fourth-order valence-electron chi connectivity index (χ4n) is 2.62. The van der Waals surface area contributed by atoms with Gasteiger partial charge in [-0.1, -0.05) is 38.1 Å². The highest BCUT2D eigenvalue weighted by Gasteiger charge is 2.26. The number of nitrogens with one attached hydrogen (secondary N) is 3. The van der Waals surface area contributed by atoms with Crippen molar-refractivity contribution < 1.29 is 9.59 Å². The minimum Gasteiger partial charge on any atom is -0.359 e. The summed E-state index contributed by atoms with van der Waals surface area (Å²) < 4.78 is 0. The fraction of sp³-hybridized carbons (Fsp3) is 0.478. The molecule has 3 unspecified atom stereocenters. The smallest absolute Gasteiger partial charge is 0.271 e. The Bertz CT molecular complexity index is 897. The van der Waals surface area contributed by atoms with Gasteiger partial charge in [0.25, 0.3) is 5.91 Å². The van der Waals surface area contributed by atoms with E-state index < -0.39 is 23.2 Å². The summed E-state index contributed by atoms with van der Waals surface area (Å²) in [6.07, 6.45) is 6.03. The zero-order valence-electron chi connectivity index (χ0n) is 19.7. The molecule has 0 bridgehead atoms. The van der Waals surface area contributed by atoms with Gasteiger partial charge in [0.2, 0.25) is 5.91 Å². The average molecular weight is 495 g/mol. The largest absolute Gasteiger partial charge is 0.359 e. The van der Waals surface area contributed by atoms with Crippen LogP contribution in [-0.2, 0) is 9.59 Å². The quantitative estimate of drug-likeness (QED) is 0.123. The van der Waals surface area contributed by atoms with Gasteiger partial charge >= 0.3 is 0 Å². The molecule has 0 aliphatic rings. The molecule has 0 saturated carbocycles. The maximum atomic E-state index is 13.2. The second-order valence-electron chi connectivity index (χ2n) is 7.04. The Morgan fingerprint density at radius 3 is 2.39 bits per heavy atom. The molecule has 0 radical (unpaired) electrons. The van der Waals surface area contributed by atoms with Gasteiger partial charge in [0.1, 0.15) is 11.9 Å². The number of carbonyl (C=O) groups excluding carboxylic acids is 2. The van der Waals surface area contributed by atoms with E-state index in [9.17, 15) is 9.59 Å². The third kappa shape index (κ3) is 11.1. The Balaban J connectivity index is 6.57. The Morgan fingerprint density at radius 1 is 1.30 bits per heavy atom. The molecule has 8 nitrogen and oxygen atoms in total. The molecule has 3 N–H and O–H groups in total. The molecule has 0 rings (SSSR count).